The van der Waals surface area contributed by atoms with E-state index in [-0.39, 0.29) is 6.04 Å². The first kappa shape index (κ1) is 14.2. The normalized spacial score (nSPS) is 24.7. The summed E-state index contributed by atoms with van der Waals surface area (Å²) in [6.07, 6.45) is 4.24. The van der Waals surface area contributed by atoms with E-state index in [1.165, 1.54) is 0 Å². The Balaban J connectivity index is 2.00. The molecule has 0 aromatic heterocycles. The summed E-state index contributed by atoms with van der Waals surface area (Å²) in [6.45, 7) is 0. The lowest BCUT2D eigenvalue weighted by Crippen LogP contribution is -2.44. The Labute approximate surface area is 114 Å². The van der Waals surface area contributed by atoms with Crippen molar-refractivity contribution < 1.29 is 13.5 Å². The van der Waals surface area contributed by atoms with Crippen molar-refractivity contribution in [2.75, 3.05) is 0 Å². The van der Waals surface area contributed by atoms with Crippen molar-refractivity contribution in [3.05, 3.63) is 41.3 Å². The molecular weight excluding hydrogens is 262 g/mol. The molecule has 4 nitrogen and oxygen atoms in total. The monoisotopic (exact) mass is 281 g/mol. The molecular formula is C14H19NO3S. The highest BCUT2D eigenvalue weighted by Crippen LogP contribution is 2.19. The van der Waals surface area contributed by atoms with Crippen LogP contribution < -0.4 is 4.72 Å². The molecule has 2 rings (SSSR count). The van der Waals surface area contributed by atoms with E-state index >= 15 is 0 Å². The average Bonchev–Trinajstić information content (AvgIpc) is 2.40. The second-order valence-corrected chi connectivity index (χ2v) is 6.43. The molecule has 1 saturated carbocycles. The molecule has 2 N–H and O–H groups in total. The molecule has 1 aliphatic carbocycles. The molecule has 0 amide bonds. The molecule has 1 aromatic rings. The van der Waals surface area contributed by atoms with Crippen LogP contribution in [0, 0.1) is 0 Å². The first-order valence-corrected chi connectivity index (χ1v) is 8.05. The summed E-state index contributed by atoms with van der Waals surface area (Å²) in [4.78, 5) is 0. The molecule has 0 saturated heterocycles. The number of aliphatic hydroxyl groups excluding tert-OH is 1. The van der Waals surface area contributed by atoms with Gasteiger partial charge in [-0.2, -0.15) is 0 Å². The highest BCUT2D eigenvalue weighted by atomic mass is 32.2. The number of nitrogens with one attached hydrogen (secondary N) is 1. The Bertz CT molecular complexity index is 525. The van der Waals surface area contributed by atoms with Crippen LogP contribution in [0.5, 0.6) is 0 Å². The maximum Gasteiger partial charge on any atom is 0.234 e. The zero-order valence-corrected chi connectivity index (χ0v) is 11.5. The highest BCUT2D eigenvalue weighted by molar-refractivity contribution is 7.92. The smallest absolute Gasteiger partial charge is 0.234 e. The quantitative estimate of drug-likeness (QED) is 0.885. The lowest BCUT2D eigenvalue weighted by molar-refractivity contribution is 0.101. The van der Waals surface area contributed by atoms with E-state index in [0.29, 0.717) is 12.8 Å². The largest absolute Gasteiger partial charge is 0.391 e. The molecule has 19 heavy (non-hydrogen) atoms. The molecule has 0 radical (unpaired) electrons. The maximum absolute atomic E-state index is 11.9. The molecule has 0 unspecified atom stereocenters. The minimum atomic E-state index is -3.50. The van der Waals surface area contributed by atoms with Gasteiger partial charge in [-0.25, -0.2) is 13.1 Å². The lowest BCUT2D eigenvalue weighted by Gasteiger charge is -2.27. The van der Waals surface area contributed by atoms with Crippen LogP contribution in [0.3, 0.4) is 0 Å². The summed E-state index contributed by atoms with van der Waals surface area (Å²) < 4.78 is 26.4. The van der Waals surface area contributed by atoms with Gasteiger partial charge in [-0.3, -0.25) is 0 Å². The molecule has 2 atom stereocenters. The first-order valence-electron chi connectivity index (χ1n) is 6.50. The van der Waals surface area contributed by atoms with Gasteiger partial charge in [0, 0.05) is 11.4 Å². The first-order chi connectivity index (χ1) is 9.07. The predicted molar refractivity (Wildman–Crippen MR) is 75.8 cm³/mol. The molecule has 0 aliphatic heterocycles. The van der Waals surface area contributed by atoms with E-state index in [1.807, 2.05) is 30.3 Å². The molecule has 0 spiro atoms. The van der Waals surface area contributed by atoms with Gasteiger partial charge in [-0.05, 0) is 24.5 Å². The minimum Gasteiger partial charge on any atom is -0.391 e. The van der Waals surface area contributed by atoms with Gasteiger partial charge in [0.15, 0.2) is 0 Å². The van der Waals surface area contributed by atoms with Crippen LogP contribution >= 0.6 is 0 Å². The Morgan fingerprint density at radius 2 is 1.84 bits per heavy atom. The van der Waals surface area contributed by atoms with Crippen molar-refractivity contribution in [2.24, 2.45) is 0 Å². The van der Waals surface area contributed by atoms with Gasteiger partial charge in [0.1, 0.15) is 0 Å². The van der Waals surface area contributed by atoms with E-state index in [9.17, 15) is 13.5 Å². The van der Waals surface area contributed by atoms with Gasteiger partial charge in [0.25, 0.3) is 0 Å². The summed E-state index contributed by atoms with van der Waals surface area (Å²) in [5.74, 6) is 0. The molecule has 1 aliphatic rings. The van der Waals surface area contributed by atoms with Crippen molar-refractivity contribution in [3.8, 4) is 0 Å². The fourth-order valence-corrected chi connectivity index (χ4v) is 3.34. The van der Waals surface area contributed by atoms with Crippen LogP contribution in [0.25, 0.3) is 6.08 Å². The third-order valence-corrected chi connectivity index (χ3v) is 4.41. The van der Waals surface area contributed by atoms with Crippen LogP contribution in [-0.2, 0) is 10.0 Å². The average molecular weight is 281 g/mol. The Hall–Kier alpha value is -1.17. The fraction of sp³-hybridized carbons (Fsp3) is 0.429. The van der Waals surface area contributed by atoms with Crippen LogP contribution in [0.4, 0.5) is 0 Å². The van der Waals surface area contributed by atoms with E-state index in [4.69, 9.17) is 0 Å². The number of rotatable bonds is 4. The lowest BCUT2D eigenvalue weighted by atomic mass is 9.93. The SMILES string of the molecule is O=S(=O)(/C=C/c1ccccc1)N[C@H]1CCCC[C@@H]1O. The molecule has 0 heterocycles. The van der Waals surface area contributed by atoms with Crippen LogP contribution in [0.15, 0.2) is 35.7 Å². The van der Waals surface area contributed by atoms with Crippen molar-refractivity contribution in [2.45, 2.75) is 37.8 Å². The van der Waals surface area contributed by atoms with E-state index in [0.717, 1.165) is 23.8 Å². The number of benzene rings is 1. The third kappa shape index (κ3) is 4.45. The summed E-state index contributed by atoms with van der Waals surface area (Å²) in [5, 5.41) is 10.9. The van der Waals surface area contributed by atoms with Gasteiger partial charge < -0.3 is 5.11 Å². The van der Waals surface area contributed by atoms with Crippen LogP contribution in [-0.4, -0.2) is 25.7 Å². The number of sulfonamides is 1. The standard InChI is InChI=1S/C14H19NO3S/c16-14-9-5-4-8-13(14)15-19(17,18)11-10-12-6-2-1-3-7-12/h1-3,6-7,10-11,13-16H,4-5,8-9H2/b11-10+/t13-,14-/m0/s1. The third-order valence-electron chi connectivity index (χ3n) is 3.28. The molecule has 104 valence electrons. The van der Waals surface area contributed by atoms with Crippen molar-refractivity contribution in [3.63, 3.8) is 0 Å². The van der Waals surface area contributed by atoms with E-state index in [2.05, 4.69) is 4.72 Å². The van der Waals surface area contributed by atoms with E-state index in [1.54, 1.807) is 6.08 Å². The molecule has 5 heteroatoms. The van der Waals surface area contributed by atoms with Crippen LogP contribution in [0.1, 0.15) is 31.2 Å². The Kier molecular flexibility index (Phi) is 4.74. The summed E-state index contributed by atoms with van der Waals surface area (Å²) >= 11 is 0. The van der Waals surface area contributed by atoms with Gasteiger partial charge in [-0.1, -0.05) is 43.2 Å². The molecule has 0 bridgehead atoms. The topological polar surface area (TPSA) is 66.4 Å². The van der Waals surface area contributed by atoms with Gasteiger partial charge in [0.2, 0.25) is 10.0 Å². The highest BCUT2D eigenvalue weighted by Gasteiger charge is 2.25. The fourth-order valence-electron chi connectivity index (χ4n) is 2.23. The summed E-state index contributed by atoms with van der Waals surface area (Å²) in [7, 11) is -3.50. The second kappa shape index (κ2) is 6.32. The molecule has 1 aromatic carbocycles. The van der Waals surface area contributed by atoms with Crippen LogP contribution in [0.2, 0.25) is 0 Å². The van der Waals surface area contributed by atoms with Gasteiger partial charge >= 0.3 is 0 Å². The zero-order valence-electron chi connectivity index (χ0n) is 10.7. The number of aliphatic hydroxyl groups is 1. The Morgan fingerprint density at radius 1 is 1.16 bits per heavy atom. The van der Waals surface area contributed by atoms with Gasteiger partial charge in [-0.15, -0.1) is 0 Å². The predicted octanol–water partition coefficient (Wildman–Crippen LogP) is 1.88. The molecule has 1 fully saturated rings. The van der Waals surface area contributed by atoms with Gasteiger partial charge in [0.05, 0.1) is 6.10 Å². The summed E-state index contributed by atoms with van der Waals surface area (Å²) in [6, 6.07) is 8.89. The second-order valence-electron chi connectivity index (χ2n) is 4.83. The minimum absolute atomic E-state index is 0.362. The van der Waals surface area contributed by atoms with E-state index < -0.39 is 16.1 Å². The van der Waals surface area contributed by atoms with Crippen molar-refractivity contribution in [1.82, 2.24) is 4.72 Å². The maximum atomic E-state index is 11.9. The number of hydrogen-bond acceptors (Lipinski definition) is 3. The Morgan fingerprint density at radius 3 is 2.53 bits per heavy atom. The van der Waals surface area contributed by atoms with Crippen molar-refractivity contribution >= 4 is 16.1 Å². The van der Waals surface area contributed by atoms with Crippen molar-refractivity contribution in [1.29, 1.82) is 0 Å². The number of hydrogen-bond donors (Lipinski definition) is 2. The summed E-state index contributed by atoms with van der Waals surface area (Å²) in [5.41, 5.74) is 0.831. The zero-order chi connectivity index (χ0) is 13.7.